The molecular weight excluding hydrogens is 228 g/mol. The number of rotatable bonds is 6. The summed E-state index contributed by atoms with van der Waals surface area (Å²) < 4.78 is 0. The fourth-order valence-corrected chi connectivity index (χ4v) is 1.43. The standard InChI is InChI=1S/C14H20N2O2/c1-3-11(2)16-13(17)9-10-15-14(18)12-7-5-4-6-8-12/h4-8,11H,3,9-10H2,1-2H3,(H,15,18)(H,16,17)/t11-/m1/s1. The third-order valence-corrected chi connectivity index (χ3v) is 2.69. The van der Waals surface area contributed by atoms with Crippen LogP contribution in [0.25, 0.3) is 0 Å². The van der Waals surface area contributed by atoms with E-state index in [1.807, 2.05) is 32.0 Å². The number of benzene rings is 1. The number of hydrogen-bond acceptors (Lipinski definition) is 2. The van der Waals surface area contributed by atoms with Gasteiger partial charge in [-0.2, -0.15) is 0 Å². The Kier molecular flexibility index (Phi) is 5.91. The lowest BCUT2D eigenvalue weighted by Crippen LogP contribution is -2.35. The molecule has 4 nitrogen and oxygen atoms in total. The molecule has 2 amide bonds. The molecule has 0 aromatic heterocycles. The van der Waals surface area contributed by atoms with E-state index in [4.69, 9.17) is 0 Å². The van der Waals surface area contributed by atoms with Gasteiger partial charge in [0.05, 0.1) is 0 Å². The van der Waals surface area contributed by atoms with Gasteiger partial charge in [0.15, 0.2) is 0 Å². The van der Waals surface area contributed by atoms with Crippen LogP contribution < -0.4 is 10.6 Å². The third kappa shape index (κ3) is 4.99. The van der Waals surface area contributed by atoms with Crippen LogP contribution >= 0.6 is 0 Å². The van der Waals surface area contributed by atoms with Crippen LogP contribution in [-0.4, -0.2) is 24.4 Å². The monoisotopic (exact) mass is 248 g/mol. The van der Waals surface area contributed by atoms with Crippen LogP contribution in [0.5, 0.6) is 0 Å². The highest BCUT2D eigenvalue weighted by Gasteiger charge is 2.07. The van der Waals surface area contributed by atoms with E-state index < -0.39 is 0 Å². The summed E-state index contributed by atoms with van der Waals surface area (Å²) in [6.45, 7) is 4.33. The molecule has 0 aliphatic carbocycles. The second kappa shape index (κ2) is 7.48. The van der Waals surface area contributed by atoms with Crippen LogP contribution in [0.15, 0.2) is 30.3 Å². The fourth-order valence-electron chi connectivity index (χ4n) is 1.43. The molecule has 0 unspecified atom stereocenters. The van der Waals surface area contributed by atoms with E-state index in [1.165, 1.54) is 0 Å². The van der Waals surface area contributed by atoms with Crippen molar-refractivity contribution >= 4 is 11.8 Å². The van der Waals surface area contributed by atoms with Crippen molar-refractivity contribution in [1.29, 1.82) is 0 Å². The maximum atomic E-state index is 11.7. The lowest BCUT2D eigenvalue weighted by atomic mass is 10.2. The third-order valence-electron chi connectivity index (χ3n) is 2.69. The van der Waals surface area contributed by atoms with E-state index >= 15 is 0 Å². The van der Waals surface area contributed by atoms with E-state index in [0.717, 1.165) is 6.42 Å². The average Bonchev–Trinajstić information content (AvgIpc) is 2.39. The molecular formula is C14H20N2O2. The van der Waals surface area contributed by atoms with E-state index in [-0.39, 0.29) is 17.9 Å². The molecule has 0 bridgehead atoms. The maximum absolute atomic E-state index is 11.7. The molecule has 0 aliphatic rings. The molecule has 1 rings (SSSR count). The van der Waals surface area contributed by atoms with Crippen LogP contribution in [-0.2, 0) is 4.79 Å². The summed E-state index contributed by atoms with van der Waals surface area (Å²) in [4.78, 5) is 23.1. The lowest BCUT2D eigenvalue weighted by Gasteiger charge is -2.11. The van der Waals surface area contributed by atoms with Crippen molar-refractivity contribution in [1.82, 2.24) is 10.6 Å². The summed E-state index contributed by atoms with van der Waals surface area (Å²) in [6.07, 6.45) is 1.21. The average molecular weight is 248 g/mol. The number of amides is 2. The summed E-state index contributed by atoms with van der Waals surface area (Å²) in [5.41, 5.74) is 0.611. The maximum Gasteiger partial charge on any atom is 0.251 e. The van der Waals surface area contributed by atoms with Crippen LogP contribution in [0, 0.1) is 0 Å². The normalized spacial score (nSPS) is 11.7. The molecule has 0 saturated carbocycles. The predicted octanol–water partition coefficient (Wildman–Crippen LogP) is 1.72. The first kappa shape index (κ1) is 14.2. The SMILES string of the molecule is CC[C@@H](C)NC(=O)CCNC(=O)c1ccccc1. The first-order chi connectivity index (χ1) is 8.63. The zero-order chi connectivity index (χ0) is 13.4. The number of carbonyl (C=O) groups is 2. The van der Waals surface area contributed by atoms with Gasteiger partial charge in [0, 0.05) is 24.6 Å². The first-order valence-corrected chi connectivity index (χ1v) is 6.26. The molecule has 98 valence electrons. The van der Waals surface area contributed by atoms with Gasteiger partial charge in [0.2, 0.25) is 5.91 Å². The van der Waals surface area contributed by atoms with Crippen molar-refractivity contribution in [3.63, 3.8) is 0 Å². The molecule has 2 N–H and O–H groups in total. The van der Waals surface area contributed by atoms with E-state index in [1.54, 1.807) is 12.1 Å². The minimum atomic E-state index is -0.146. The van der Waals surface area contributed by atoms with E-state index in [0.29, 0.717) is 18.5 Å². The Morgan fingerprint density at radius 2 is 1.89 bits per heavy atom. The highest BCUT2D eigenvalue weighted by molar-refractivity contribution is 5.94. The minimum absolute atomic E-state index is 0.0299. The van der Waals surface area contributed by atoms with Crippen molar-refractivity contribution in [2.45, 2.75) is 32.7 Å². The molecule has 0 saturated heterocycles. The number of nitrogens with one attached hydrogen (secondary N) is 2. The van der Waals surface area contributed by atoms with Gasteiger partial charge >= 0.3 is 0 Å². The molecule has 1 aromatic rings. The molecule has 4 heteroatoms. The topological polar surface area (TPSA) is 58.2 Å². The van der Waals surface area contributed by atoms with Gasteiger partial charge in [-0.3, -0.25) is 9.59 Å². The Hall–Kier alpha value is -1.84. The Balaban J connectivity index is 2.26. The van der Waals surface area contributed by atoms with Crippen molar-refractivity contribution in [2.75, 3.05) is 6.54 Å². The van der Waals surface area contributed by atoms with Crippen molar-refractivity contribution in [2.24, 2.45) is 0 Å². The highest BCUT2D eigenvalue weighted by atomic mass is 16.2. The predicted molar refractivity (Wildman–Crippen MR) is 71.3 cm³/mol. The van der Waals surface area contributed by atoms with Crippen molar-refractivity contribution < 1.29 is 9.59 Å². The Morgan fingerprint density at radius 3 is 2.50 bits per heavy atom. The molecule has 0 spiro atoms. The summed E-state index contributed by atoms with van der Waals surface area (Å²) in [5.74, 6) is -0.176. The molecule has 0 heterocycles. The van der Waals surface area contributed by atoms with Gasteiger partial charge in [0.25, 0.3) is 5.91 Å². The quantitative estimate of drug-likeness (QED) is 0.805. The van der Waals surface area contributed by atoms with Gasteiger partial charge < -0.3 is 10.6 Å². The molecule has 1 atom stereocenters. The van der Waals surface area contributed by atoms with Crippen molar-refractivity contribution in [3.8, 4) is 0 Å². The fraction of sp³-hybridized carbons (Fsp3) is 0.429. The van der Waals surface area contributed by atoms with E-state index in [2.05, 4.69) is 10.6 Å². The second-order valence-corrected chi connectivity index (χ2v) is 4.25. The molecule has 0 fully saturated rings. The van der Waals surface area contributed by atoms with Crippen LogP contribution in [0.1, 0.15) is 37.0 Å². The van der Waals surface area contributed by atoms with Crippen LogP contribution in [0.4, 0.5) is 0 Å². The van der Waals surface area contributed by atoms with Crippen molar-refractivity contribution in [3.05, 3.63) is 35.9 Å². The molecule has 18 heavy (non-hydrogen) atoms. The molecule has 1 aromatic carbocycles. The molecule has 0 radical (unpaired) electrons. The van der Waals surface area contributed by atoms with Crippen LogP contribution in [0.3, 0.4) is 0 Å². The van der Waals surface area contributed by atoms with Crippen LogP contribution in [0.2, 0.25) is 0 Å². The summed E-state index contributed by atoms with van der Waals surface area (Å²) in [6, 6.07) is 9.15. The highest BCUT2D eigenvalue weighted by Crippen LogP contribution is 1.97. The molecule has 0 aliphatic heterocycles. The van der Waals surface area contributed by atoms with Gasteiger partial charge in [-0.05, 0) is 25.5 Å². The van der Waals surface area contributed by atoms with Gasteiger partial charge in [-0.25, -0.2) is 0 Å². The second-order valence-electron chi connectivity index (χ2n) is 4.25. The first-order valence-electron chi connectivity index (χ1n) is 6.26. The Morgan fingerprint density at radius 1 is 1.22 bits per heavy atom. The number of carbonyl (C=O) groups excluding carboxylic acids is 2. The van der Waals surface area contributed by atoms with Gasteiger partial charge in [-0.1, -0.05) is 25.1 Å². The number of hydrogen-bond donors (Lipinski definition) is 2. The Bertz CT molecular complexity index is 390. The smallest absolute Gasteiger partial charge is 0.251 e. The summed E-state index contributed by atoms with van der Waals surface area (Å²) >= 11 is 0. The minimum Gasteiger partial charge on any atom is -0.354 e. The largest absolute Gasteiger partial charge is 0.354 e. The zero-order valence-electron chi connectivity index (χ0n) is 10.9. The Labute approximate surface area is 108 Å². The van der Waals surface area contributed by atoms with E-state index in [9.17, 15) is 9.59 Å². The summed E-state index contributed by atoms with van der Waals surface area (Å²) in [7, 11) is 0. The summed E-state index contributed by atoms with van der Waals surface area (Å²) in [5, 5.41) is 5.57. The zero-order valence-corrected chi connectivity index (χ0v) is 10.9. The lowest BCUT2D eigenvalue weighted by molar-refractivity contribution is -0.121. The van der Waals surface area contributed by atoms with Gasteiger partial charge in [0.1, 0.15) is 0 Å². The van der Waals surface area contributed by atoms with Gasteiger partial charge in [-0.15, -0.1) is 0 Å².